The highest BCUT2D eigenvalue weighted by atomic mass is 32.2. The Kier molecular flexibility index (Phi) is 41.3. The van der Waals surface area contributed by atoms with Crippen LogP contribution < -0.4 is 25.3 Å². The van der Waals surface area contributed by atoms with Crippen molar-refractivity contribution >= 4 is 71.1 Å². The number of nitrogens with zero attached hydrogens (tertiary/aromatic N) is 25. The lowest BCUT2D eigenvalue weighted by molar-refractivity contribution is -0.390. The maximum atomic E-state index is 11.3. The van der Waals surface area contributed by atoms with Crippen LogP contribution in [-0.4, -0.2) is 283 Å². The smallest absolute Gasteiger partial charge is 0.390 e. The van der Waals surface area contributed by atoms with E-state index in [1.54, 1.807) is 23.0 Å². The van der Waals surface area contributed by atoms with Gasteiger partial charge in [-0.25, -0.2) is 23.4 Å². The van der Waals surface area contributed by atoms with E-state index in [9.17, 15) is 55.7 Å². The minimum Gasteiger partial charge on any atom is -0.400 e. The molecule has 12 atom stereocenters. The summed E-state index contributed by atoms with van der Waals surface area (Å²) in [6.07, 6.45) is 42.4. The standard InChI is InChI=1S/C14H23N3O4S.C12H17N9O.C12H19N3O3.C12H17N3O.C8H11N3O3.C8H13N3O.C6H12O6S2.C4H4N2O2.CH4O/c1-11-9-16(10-12(11)21-22(2,18)19)13-6-7-17(15-13)14-5-3-4-8-20-14;13-18-15-9-7-20(8-10(9)16-19-14)11-4-5-21(17-11)12-3-1-2-6-22-12;16-9-7-14(8-10(9)17)11-4-5-15(13-11)12-3-1-2-6-18-12;1-4-10-16-12(5-1)15-9-6-11(13-15)14-7-2-3-8-14;12-11(13)7-4-5-10(9-7)8-3-1-2-6-14-8;9-7-4-5-11(10-7)8-3-1-2-6-12-8;1-13(7,8)11-5-3-4-6-12-14(2,9)10;7-6(8)4-2-1-3-5-4;1-2/h6-7,11-12,14H,3-5,8-10H2,1-2H3;4-5,9-10,12H,1-3,6-8H2;4-5,9-10,12,16-17H,1-3,6-8H2;2-3,6,9,12H,1,4-5,7-8,10H2;4-5,8H,1-3,6H2;4-5,8H,1-3,6H2,(H2,9,10);3-4H,5-6H2,1-2H3;1-2H,3H2;2H,1H3/b;;;;;;4-3-;;. The van der Waals surface area contributed by atoms with Crippen LogP contribution in [0.2, 0.25) is 0 Å². The van der Waals surface area contributed by atoms with Crippen LogP contribution in [0.4, 0.5) is 34.9 Å². The number of ether oxygens (including phenoxy) is 6. The van der Waals surface area contributed by atoms with E-state index < -0.39 is 52.4 Å². The predicted octanol–water partition coefficient (Wildman–Crippen LogP) is 8.22. The zero-order chi connectivity index (χ0) is 92.0. The van der Waals surface area contributed by atoms with E-state index in [0.717, 1.165) is 192 Å². The highest BCUT2D eigenvalue weighted by Crippen LogP contribution is 2.33. The van der Waals surface area contributed by atoms with Gasteiger partial charge in [-0.1, -0.05) is 46.4 Å². The van der Waals surface area contributed by atoms with Crippen molar-refractivity contribution in [3.05, 3.63) is 151 Å². The van der Waals surface area contributed by atoms with E-state index >= 15 is 0 Å². The summed E-state index contributed by atoms with van der Waals surface area (Å²) in [6, 6.07) is 10.3. The first-order valence-corrected chi connectivity index (χ1v) is 48.0. The summed E-state index contributed by atoms with van der Waals surface area (Å²) in [7, 11) is -9.33. The Labute approximate surface area is 743 Å². The molecule has 11 aliphatic rings. The lowest BCUT2D eigenvalue weighted by atomic mass is 10.1. The molecule has 48 nitrogen and oxygen atoms in total. The number of nitrogens with two attached hydrogens (primary N) is 1. The average Bonchev–Trinajstić information content (AvgIpc) is 1.70. The van der Waals surface area contributed by atoms with Gasteiger partial charge in [0.1, 0.15) is 43.5 Å². The van der Waals surface area contributed by atoms with Gasteiger partial charge in [0, 0.05) is 182 Å². The molecular formula is C77H120N26O22S3. The van der Waals surface area contributed by atoms with Gasteiger partial charge in [-0.05, 0) is 143 Å². The summed E-state index contributed by atoms with van der Waals surface area (Å²) in [4.78, 5) is 36.6. The second kappa shape index (κ2) is 52.0. The van der Waals surface area contributed by atoms with Crippen LogP contribution in [-0.2, 0) is 71.3 Å². The van der Waals surface area contributed by atoms with Crippen molar-refractivity contribution in [2.24, 2.45) is 21.1 Å². The lowest BCUT2D eigenvalue weighted by Crippen LogP contribution is -2.26. The Hall–Kier alpha value is -10.1. The molecule has 0 saturated carbocycles. The van der Waals surface area contributed by atoms with Crippen LogP contribution in [0.1, 0.15) is 160 Å². The number of amidine groups is 1. The van der Waals surface area contributed by atoms with E-state index in [1.807, 2.05) is 84.6 Å². The molecule has 0 aliphatic carbocycles. The van der Waals surface area contributed by atoms with Gasteiger partial charge >= 0.3 is 11.7 Å². The van der Waals surface area contributed by atoms with E-state index in [4.69, 9.17) is 54.5 Å². The Morgan fingerprint density at radius 3 is 1.12 bits per heavy atom. The second-order valence-electron chi connectivity index (χ2n) is 31.1. The number of nitrogen functional groups attached to an aromatic ring is 1. The van der Waals surface area contributed by atoms with Crippen molar-refractivity contribution < 1.29 is 91.4 Å². The van der Waals surface area contributed by atoms with Gasteiger partial charge in [0.05, 0.1) is 79.7 Å². The molecule has 0 amide bonds. The Morgan fingerprint density at radius 2 is 0.820 bits per heavy atom. The quantitative estimate of drug-likeness (QED) is 0.0100. The molecule has 5 N–H and O–H groups in total. The first kappa shape index (κ1) is 102. The number of anilines is 5. The molecule has 0 bridgehead atoms. The van der Waals surface area contributed by atoms with Gasteiger partial charge < -0.3 is 89.3 Å². The topological polar surface area (TPSA) is 588 Å². The van der Waals surface area contributed by atoms with Crippen molar-refractivity contribution in [2.75, 3.05) is 163 Å². The third-order valence-corrected chi connectivity index (χ3v) is 22.8. The van der Waals surface area contributed by atoms with Crippen LogP contribution in [0.3, 0.4) is 0 Å². The molecule has 6 aromatic rings. The van der Waals surface area contributed by atoms with Crippen LogP contribution in [0.25, 0.3) is 20.9 Å². The minimum absolute atomic E-state index is 0.00837. The fourth-order valence-electron chi connectivity index (χ4n) is 14.7. The fraction of sp³-hybridized carbons (Fsp3) is 0.675. The van der Waals surface area contributed by atoms with Gasteiger partial charge in [-0.2, -0.15) is 55.4 Å². The molecule has 11 aliphatic heterocycles. The highest BCUT2D eigenvalue weighted by molar-refractivity contribution is 7.86. The number of azide groups is 2. The molecule has 51 heteroatoms. The van der Waals surface area contributed by atoms with E-state index in [2.05, 4.69) is 92.0 Å². The van der Waals surface area contributed by atoms with E-state index in [-0.39, 0.29) is 86.3 Å². The normalized spacial score (nSPS) is 25.0. The van der Waals surface area contributed by atoms with Crippen molar-refractivity contribution in [1.82, 2.24) is 58.7 Å². The van der Waals surface area contributed by atoms with Gasteiger partial charge in [0.25, 0.3) is 30.4 Å². The van der Waals surface area contributed by atoms with Gasteiger partial charge in [-0.3, -0.25) is 12.5 Å². The summed E-state index contributed by atoms with van der Waals surface area (Å²) < 4.78 is 123. The first-order valence-electron chi connectivity index (χ1n) is 42.6. The van der Waals surface area contributed by atoms with Crippen molar-refractivity contribution in [2.45, 2.75) is 190 Å². The number of rotatable bonds is 21. The fourth-order valence-corrected chi connectivity index (χ4v) is 16.0. The maximum absolute atomic E-state index is 11.3. The minimum atomic E-state index is -3.45. The zero-order valence-electron chi connectivity index (χ0n) is 72.7. The molecule has 6 aromatic heterocycles. The molecule has 0 radical (unpaired) electrons. The molecule has 128 heavy (non-hydrogen) atoms. The summed E-state index contributed by atoms with van der Waals surface area (Å²) in [5.41, 5.74) is 22.7. The monoisotopic (exact) mass is 1860 g/mol. The van der Waals surface area contributed by atoms with Crippen molar-refractivity contribution in [3.63, 3.8) is 0 Å². The van der Waals surface area contributed by atoms with Gasteiger partial charge in [-0.15, -0.1) is 0 Å². The average molecular weight is 1860 g/mol. The first-order chi connectivity index (χ1) is 61.5. The molecule has 17 rings (SSSR count). The highest BCUT2D eigenvalue weighted by Gasteiger charge is 2.37. The third-order valence-electron chi connectivity index (χ3n) is 21.1. The van der Waals surface area contributed by atoms with Crippen LogP contribution >= 0.6 is 0 Å². The number of aliphatic imine (C=N–C) groups is 1. The number of aromatic nitrogens is 12. The molecule has 12 unspecified atom stereocenters. The summed E-state index contributed by atoms with van der Waals surface area (Å²) in [5.74, 6) is 4.02. The Morgan fingerprint density at radius 1 is 0.477 bits per heavy atom. The number of aliphatic hydroxyl groups is 3. The number of β-amino-alcohol motifs (C(OH)–C–C–N with tert-alkyl or cyclic N) is 2. The second-order valence-corrected chi connectivity index (χ2v) is 36.0. The lowest BCUT2D eigenvalue weighted by Gasteiger charge is -2.23. The van der Waals surface area contributed by atoms with Crippen molar-refractivity contribution in [3.8, 4) is 0 Å². The van der Waals surface area contributed by atoms with Gasteiger partial charge in [0.2, 0.25) is 0 Å². The Bertz CT molecular complexity index is 4850. The van der Waals surface area contributed by atoms with Crippen LogP contribution in [0.5, 0.6) is 0 Å². The number of hydrogen-bond donors (Lipinski definition) is 4. The summed E-state index contributed by atoms with van der Waals surface area (Å²) in [6.45, 7) is 12.0. The van der Waals surface area contributed by atoms with Gasteiger partial charge in [0.15, 0.2) is 29.5 Å². The SMILES string of the molecule is C1=CCN(c2ccn(C3CCCCO3)n2)C1.CC1CN(c2ccn(C3CCCCO3)n2)CC1OS(C)(=O)=O.CO.CS(=O)(=O)OC/C=C\COS(C)(=O)=O.Nc1ccn(C2CCCCO2)n1.O=[N+]([O-])C1=NCC=C1.O=[N+]([O-])c1ccn(C2CCCCO2)n1.OC1CN(c2ccn(C3CCCCO3)n2)CC1O.[N-]=[N+]=NC1CN(c2ccn(C3CCCCO3)n2)CC1N=[N+]=[N-]. The molecule has 9 saturated heterocycles. The van der Waals surface area contributed by atoms with Crippen molar-refractivity contribution in [1.29, 1.82) is 0 Å². The number of aliphatic hydroxyl groups excluding tert-OH is 3. The van der Waals surface area contributed by atoms with E-state index in [0.29, 0.717) is 51.7 Å². The van der Waals surface area contributed by atoms with Crippen LogP contribution in [0, 0.1) is 26.1 Å². The Balaban J connectivity index is 0.000000167. The summed E-state index contributed by atoms with van der Waals surface area (Å²) >= 11 is 0. The number of nitro groups is 2. The van der Waals surface area contributed by atoms with Crippen LogP contribution in [0.15, 0.2) is 125 Å². The molecule has 0 aromatic carbocycles. The third kappa shape index (κ3) is 34.1. The molecule has 17 heterocycles. The predicted molar refractivity (Wildman–Crippen MR) is 470 cm³/mol. The zero-order valence-corrected chi connectivity index (χ0v) is 75.1. The number of hydrogen-bond acceptors (Lipinski definition) is 36. The van der Waals surface area contributed by atoms with E-state index in [1.165, 1.54) is 54.7 Å². The molecule has 9 fully saturated rings. The molecular weight excluding hydrogens is 1740 g/mol. The molecule has 708 valence electrons. The molecule has 0 spiro atoms. The maximum Gasteiger partial charge on any atom is 0.390 e. The summed E-state index contributed by atoms with van der Waals surface area (Å²) in [5, 5.41) is 79.9. The largest absolute Gasteiger partial charge is 0.400 e.